The van der Waals surface area contributed by atoms with Gasteiger partial charge in [0.25, 0.3) is 5.91 Å². The molecule has 124 valence electrons. The van der Waals surface area contributed by atoms with E-state index < -0.39 is 0 Å². The van der Waals surface area contributed by atoms with E-state index in [0.717, 1.165) is 18.0 Å². The number of aromatic nitrogens is 1. The number of hydrogen-bond donors (Lipinski definition) is 1. The molecule has 2 aromatic heterocycles. The molecule has 0 aliphatic heterocycles. The van der Waals surface area contributed by atoms with Crippen LogP contribution in [-0.2, 0) is 6.54 Å². The van der Waals surface area contributed by atoms with Crippen molar-refractivity contribution in [2.75, 3.05) is 19.4 Å². The Morgan fingerprint density at radius 2 is 1.96 bits per heavy atom. The number of thiazole rings is 1. The standard InChI is InChI=1S/C18H19N3O2S/c1-12-4-9-16(23-12)18-20-15(11-24-18)17(22)19-14-7-5-13(6-8-14)10-21(2)3/h4-9,11H,10H2,1-3H3,(H,19,22). The van der Waals surface area contributed by atoms with Gasteiger partial charge >= 0.3 is 0 Å². The number of hydrogen-bond acceptors (Lipinski definition) is 5. The first-order valence-electron chi connectivity index (χ1n) is 7.58. The van der Waals surface area contributed by atoms with Gasteiger partial charge in [0.15, 0.2) is 10.8 Å². The third-order valence-electron chi connectivity index (χ3n) is 3.40. The minimum absolute atomic E-state index is 0.221. The number of amides is 1. The second-order valence-electron chi connectivity index (χ2n) is 5.84. The maximum atomic E-state index is 12.3. The summed E-state index contributed by atoms with van der Waals surface area (Å²) in [6.07, 6.45) is 0. The second kappa shape index (κ2) is 6.98. The average molecular weight is 341 g/mol. The molecule has 0 unspecified atom stereocenters. The number of rotatable bonds is 5. The molecule has 6 heteroatoms. The fourth-order valence-corrected chi connectivity index (χ4v) is 3.05. The van der Waals surface area contributed by atoms with Gasteiger partial charge in [-0.2, -0.15) is 0 Å². The lowest BCUT2D eigenvalue weighted by atomic mass is 10.2. The first-order valence-corrected chi connectivity index (χ1v) is 8.46. The first-order chi connectivity index (χ1) is 11.5. The number of nitrogens with one attached hydrogen (secondary N) is 1. The third kappa shape index (κ3) is 3.90. The highest BCUT2D eigenvalue weighted by Crippen LogP contribution is 2.26. The number of carbonyl (C=O) groups is 1. The normalized spacial score (nSPS) is 11.0. The maximum Gasteiger partial charge on any atom is 0.275 e. The molecule has 1 N–H and O–H groups in total. The van der Waals surface area contributed by atoms with Crippen molar-refractivity contribution >= 4 is 22.9 Å². The summed E-state index contributed by atoms with van der Waals surface area (Å²) in [7, 11) is 4.05. The Labute approximate surface area is 144 Å². The van der Waals surface area contributed by atoms with Crippen LogP contribution in [0.3, 0.4) is 0 Å². The van der Waals surface area contributed by atoms with Gasteiger partial charge in [-0.15, -0.1) is 11.3 Å². The van der Waals surface area contributed by atoms with Crippen LogP contribution in [0.2, 0.25) is 0 Å². The Bertz CT molecular complexity index is 834. The molecule has 0 fully saturated rings. The van der Waals surface area contributed by atoms with Crippen LogP contribution < -0.4 is 5.32 Å². The topological polar surface area (TPSA) is 58.4 Å². The van der Waals surface area contributed by atoms with Crippen molar-refractivity contribution < 1.29 is 9.21 Å². The van der Waals surface area contributed by atoms with Crippen LogP contribution >= 0.6 is 11.3 Å². The Hall–Kier alpha value is -2.44. The van der Waals surface area contributed by atoms with Gasteiger partial charge in [-0.1, -0.05) is 12.1 Å². The van der Waals surface area contributed by atoms with Gasteiger partial charge in [0, 0.05) is 17.6 Å². The van der Waals surface area contributed by atoms with Crippen molar-refractivity contribution in [2.24, 2.45) is 0 Å². The summed E-state index contributed by atoms with van der Waals surface area (Å²) in [6, 6.07) is 11.6. The molecular formula is C18H19N3O2S. The molecule has 0 saturated heterocycles. The van der Waals surface area contributed by atoms with Crippen molar-refractivity contribution in [1.82, 2.24) is 9.88 Å². The first kappa shape index (κ1) is 16.4. The number of nitrogens with zero attached hydrogens (tertiary/aromatic N) is 2. The largest absolute Gasteiger partial charge is 0.459 e. The van der Waals surface area contributed by atoms with Crippen molar-refractivity contribution in [2.45, 2.75) is 13.5 Å². The molecule has 3 aromatic rings. The van der Waals surface area contributed by atoms with E-state index in [0.29, 0.717) is 16.5 Å². The summed E-state index contributed by atoms with van der Waals surface area (Å²) in [5.41, 5.74) is 2.34. The quantitative estimate of drug-likeness (QED) is 0.761. The number of benzene rings is 1. The zero-order valence-electron chi connectivity index (χ0n) is 13.9. The molecular weight excluding hydrogens is 322 g/mol. The average Bonchev–Trinajstić information content (AvgIpc) is 3.17. The molecule has 0 bridgehead atoms. The number of carbonyl (C=O) groups excluding carboxylic acids is 1. The molecule has 1 amide bonds. The lowest BCUT2D eigenvalue weighted by molar-refractivity contribution is 0.102. The van der Waals surface area contributed by atoms with Crippen LogP contribution in [0.5, 0.6) is 0 Å². The van der Waals surface area contributed by atoms with E-state index in [1.165, 1.54) is 16.9 Å². The van der Waals surface area contributed by atoms with E-state index in [4.69, 9.17) is 4.42 Å². The Morgan fingerprint density at radius 1 is 1.21 bits per heavy atom. The highest BCUT2D eigenvalue weighted by Gasteiger charge is 2.14. The summed E-state index contributed by atoms with van der Waals surface area (Å²) < 4.78 is 5.54. The van der Waals surface area contributed by atoms with Crippen molar-refractivity contribution in [3.05, 3.63) is 58.8 Å². The summed E-state index contributed by atoms with van der Waals surface area (Å²) in [5, 5.41) is 5.31. The van der Waals surface area contributed by atoms with Gasteiger partial charge in [-0.3, -0.25) is 4.79 Å². The molecule has 1 aromatic carbocycles. The van der Waals surface area contributed by atoms with E-state index in [1.807, 2.05) is 57.4 Å². The molecule has 0 aliphatic carbocycles. The Morgan fingerprint density at radius 3 is 2.58 bits per heavy atom. The second-order valence-corrected chi connectivity index (χ2v) is 6.70. The van der Waals surface area contributed by atoms with E-state index in [-0.39, 0.29) is 5.91 Å². The molecule has 24 heavy (non-hydrogen) atoms. The number of anilines is 1. The van der Waals surface area contributed by atoms with E-state index in [1.54, 1.807) is 5.38 Å². The minimum Gasteiger partial charge on any atom is -0.459 e. The van der Waals surface area contributed by atoms with Crippen LogP contribution in [0.15, 0.2) is 46.2 Å². The zero-order valence-corrected chi connectivity index (χ0v) is 14.7. The Kier molecular flexibility index (Phi) is 4.78. The molecule has 0 atom stereocenters. The van der Waals surface area contributed by atoms with Gasteiger partial charge in [0.05, 0.1) is 0 Å². The number of aryl methyl sites for hydroxylation is 1. The van der Waals surface area contributed by atoms with E-state index >= 15 is 0 Å². The highest BCUT2D eigenvalue weighted by atomic mass is 32.1. The minimum atomic E-state index is -0.221. The van der Waals surface area contributed by atoms with E-state index in [2.05, 4.69) is 15.2 Å². The molecule has 0 radical (unpaired) electrons. The zero-order chi connectivity index (χ0) is 17.1. The van der Waals surface area contributed by atoms with Crippen molar-refractivity contribution in [3.63, 3.8) is 0 Å². The molecule has 3 rings (SSSR count). The fourth-order valence-electron chi connectivity index (χ4n) is 2.29. The fraction of sp³-hybridized carbons (Fsp3) is 0.222. The van der Waals surface area contributed by atoms with Crippen molar-refractivity contribution in [3.8, 4) is 10.8 Å². The molecule has 2 heterocycles. The van der Waals surface area contributed by atoms with Gasteiger partial charge in [0.2, 0.25) is 0 Å². The maximum absolute atomic E-state index is 12.3. The molecule has 5 nitrogen and oxygen atoms in total. The molecule has 0 spiro atoms. The smallest absolute Gasteiger partial charge is 0.275 e. The lowest BCUT2D eigenvalue weighted by Gasteiger charge is -2.10. The van der Waals surface area contributed by atoms with Crippen LogP contribution in [0.1, 0.15) is 21.8 Å². The predicted octanol–water partition coefficient (Wildman–Crippen LogP) is 4.03. The van der Waals surface area contributed by atoms with Crippen LogP contribution in [0.4, 0.5) is 5.69 Å². The number of furan rings is 1. The summed E-state index contributed by atoms with van der Waals surface area (Å²) in [4.78, 5) is 18.8. The monoisotopic (exact) mass is 341 g/mol. The van der Waals surface area contributed by atoms with Crippen LogP contribution in [0.25, 0.3) is 10.8 Å². The van der Waals surface area contributed by atoms with E-state index in [9.17, 15) is 4.79 Å². The molecule has 0 saturated carbocycles. The molecule has 0 aliphatic rings. The van der Waals surface area contributed by atoms with Gasteiger partial charge < -0.3 is 14.6 Å². The van der Waals surface area contributed by atoms with Crippen LogP contribution in [0, 0.1) is 6.92 Å². The summed E-state index contributed by atoms with van der Waals surface area (Å²) in [5.74, 6) is 1.29. The highest BCUT2D eigenvalue weighted by molar-refractivity contribution is 7.13. The lowest BCUT2D eigenvalue weighted by Crippen LogP contribution is -2.13. The van der Waals surface area contributed by atoms with Gasteiger partial charge in [-0.05, 0) is 50.8 Å². The van der Waals surface area contributed by atoms with Crippen molar-refractivity contribution in [1.29, 1.82) is 0 Å². The van der Waals surface area contributed by atoms with Crippen LogP contribution in [-0.4, -0.2) is 29.9 Å². The third-order valence-corrected chi connectivity index (χ3v) is 4.26. The van der Waals surface area contributed by atoms with Gasteiger partial charge in [0.1, 0.15) is 11.5 Å². The Balaban J connectivity index is 1.68. The van der Waals surface area contributed by atoms with Gasteiger partial charge in [-0.25, -0.2) is 4.98 Å². The predicted molar refractivity (Wildman–Crippen MR) is 96.3 cm³/mol. The summed E-state index contributed by atoms with van der Waals surface area (Å²) in [6.45, 7) is 2.75. The SMILES string of the molecule is Cc1ccc(-c2nc(C(=O)Nc3ccc(CN(C)C)cc3)cs2)o1. The summed E-state index contributed by atoms with van der Waals surface area (Å²) >= 11 is 1.39.